The van der Waals surface area contributed by atoms with E-state index >= 15 is 0 Å². The summed E-state index contributed by atoms with van der Waals surface area (Å²) >= 11 is 0. The summed E-state index contributed by atoms with van der Waals surface area (Å²) in [6.45, 7) is 4.54. The standard InChI is InChI=1S/C11H23NO2/c1-3-4-5-6-9(2)7-10(8-12)11(13)14/h9-10H,3-8,12H2,1-2H3,(H,13,14). The van der Waals surface area contributed by atoms with Gasteiger partial charge in [0.1, 0.15) is 0 Å². The van der Waals surface area contributed by atoms with E-state index in [0.29, 0.717) is 5.92 Å². The van der Waals surface area contributed by atoms with Crippen LogP contribution in [0.1, 0.15) is 46.0 Å². The van der Waals surface area contributed by atoms with Crippen LogP contribution in [0.15, 0.2) is 0 Å². The normalized spacial score (nSPS) is 15.1. The molecular formula is C11H23NO2. The molecule has 0 aliphatic rings. The van der Waals surface area contributed by atoms with Crippen molar-refractivity contribution in [1.29, 1.82) is 0 Å². The zero-order valence-electron chi connectivity index (χ0n) is 9.33. The van der Waals surface area contributed by atoms with Crippen LogP contribution in [0, 0.1) is 11.8 Å². The molecule has 0 rings (SSSR count). The van der Waals surface area contributed by atoms with Crippen molar-refractivity contribution >= 4 is 5.97 Å². The Hall–Kier alpha value is -0.570. The summed E-state index contributed by atoms with van der Waals surface area (Å²) in [7, 11) is 0. The predicted molar refractivity (Wildman–Crippen MR) is 58.1 cm³/mol. The first-order valence-corrected chi connectivity index (χ1v) is 5.54. The highest BCUT2D eigenvalue weighted by Gasteiger charge is 2.18. The van der Waals surface area contributed by atoms with Crippen molar-refractivity contribution in [2.75, 3.05) is 6.54 Å². The first-order valence-electron chi connectivity index (χ1n) is 5.54. The van der Waals surface area contributed by atoms with E-state index in [-0.39, 0.29) is 12.5 Å². The Balaban J connectivity index is 3.67. The van der Waals surface area contributed by atoms with Gasteiger partial charge in [-0.25, -0.2) is 0 Å². The Labute approximate surface area is 86.7 Å². The maximum atomic E-state index is 10.7. The van der Waals surface area contributed by atoms with Gasteiger partial charge in [0.15, 0.2) is 0 Å². The molecule has 0 aliphatic carbocycles. The van der Waals surface area contributed by atoms with Crippen molar-refractivity contribution < 1.29 is 9.90 Å². The second-order valence-electron chi connectivity index (χ2n) is 4.11. The van der Waals surface area contributed by atoms with E-state index < -0.39 is 5.97 Å². The Kier molecular flexibility index (Phi) is 7.48. The van der Waals surface area contributed by atoms with Gasteiger partial charge >= 0.3 is 5.97 Å². The van der Waals surface area contributed by atoms with Gasteiger partial charge in [0.25, 0.3) is 0 Å². The van der Waals surface area contributed by atoms with Gasteiger partial charge in [-0.15, -0.1) is 0 Å². The van der Waals surface area contributed by atoms with E-state index in [1.54, 1.807) is 0 Å². The minimum atomic E-state index is -0.755. The van der Waals surface area contributed by atoms with Crippen LogP contribution in [0.25, 0.3) is 0 Å². The third-order valence-corrected chi connectivity index (χ3v) is 2.62. The van der Waals surface area contributed by atoms with Gasteiger partial charge in [-0.2, -0.15) is 0 Å². The van der Waals surface area contributed by atoms with Gasteiger partial charge in [-0.1, -0.05) is 39.5 Å². The van der Waals surface area contributed by atoms with E-state index in [9.17, 15) is 4.79 Å². The smallest absolute Gasteiger partial charge is 0.307 e. The monoisotopic (exact) mass is 201 g/mol. The molecule has 0 amide bonds. The molecule has 3 nitrogen and oxygen atoms in total. The van der Waals surface area contributed by atoms with Crippen molar-refractivity contribution in [2.45, 2.75) is 46.0 Å². The molecule has 3 heteroatoms. The molecule has 84 valence electrons. The van der Waals surface area contributed by atoms with E-state index in [0.717, 1.165) is 12.8 Å². The zero-order valence-corrected chi connectivity index (χ0v) is 9.33. The van der Waals surface area contributed by atoms with Crippen LogP contribution in [-0.2, 0) is 4.79 Å². The molecular weight excluding hydrogens is 178 g/mol. The molecule has 0 saturated heterocycles. The highest BCUT2D eigenvalue weighted by Crippen LogP contribution is 2.18. The molecule has 0 radical (unpaired) electrons. The van der Waals surface area contributed by atoms with Gasteiger partial charge in [-0.3, -0.25) is 4.79 Å². The van der Waals surface area contributed by atoms with E-state index in [4.69, 9.17) is 10.8 Å². The Morgan fingerprint density at radius 1 is 1.43 bits per heavy atom. The van der Waals surface area contributed by atoms with Gasteiger partial charge in [0, 0.05) is 6.54 Å². The zero-order chi connectivity index (χ0) is 11.0. The van der Waals surface area contributed by atoms with Crippen molar-refractivity contribution in [3.05, 3.63) is 0 Å². The second kappa shape index (κ2) is 7.80. The number of hydrogen-bond acceptors (Lipinski definition) is 2. The number of aliphatic carboxylic acids is 1. The fraction of sp³-hybridized carbons (Fsp3) is 0.909. The van der Waals surface area contributed by atoms with Gasteiger partial charge in [0.2, 0.25) is 0 Å². The van der Waals surface area contributed by atoms with Crippen LogP contribution in [0.4, 0.5) is 0 Å². The van der Waals surface area contributed by atoms with Crippen LogP contribution in [-0.4, -0.2) is 17.6 Å². The minimum Gasteiger partial charge on any atom is -0.481 e. The van der Waals surface area contributed by atoms with Crippen LogP contribution in [0.5, 0.6) is 0 Å². The molecule has 14 heavy (non-hydrogen) atoms. The fourth-order valence-corrected chi connectivity index (χ4v) is 1.64. The maximum Gasteiger partial charge on any atom is 0.307 e. The summed E-state index contributed by atoms with van der Waals surface area (Å²) in [6.07, 6.45) is 5.50. The van der Waals surface area contributed by atoms with Crippen molar-refractivity contribution in [1.82, 2.24) is 0 Å². The number of unbranched alkanes of at least 4 members (excludes halogenated alkanes) is 2. The van der Waals surface area contributed by atoms with Gasteiger partial charge < -0.3 is 10.8 Å². The van der Waals surface area contributed by atoms with E-state index in [1.807, 2.05) is 0 Å². The lowest BCUT2D eigenvalue weighted by atomic mass is 9.92. The third-order valence-electron chi connectivity index (χ3n) is 2.62. The second-order valence-corrected chi connectivity index (χ2v) is 4.11. The van der Waals surface area contributed by atoms with E-state index in [2.05, 4.69) is 13.8 Å². The Morgan fingerprint density at radius 3 is 2.50 bits per heavy atom. The van der Waals surface area contributed by atoms with Crippen LogP contribution in [0.3, 0.4) is 0 Å². The molecule has 0 heterocycles. The molecule has 0 spiro atoms. The largest absolute Gasteiger partial charge is 0.481 e. The number of carboxylic acids is 1. The lowest BCUT2D eigenvalue weighted by molar-refractivity contribution is -0.141. The molecule has 0 fully saturated rings. The number of rotatable bonds is 8. The molecule has 0 saturated carbocycles. The molecule has 0 aromatic heterocycles. The van der Waals surface area contributed by atoms with Gasteiger partial charge in [-0.05, 0) is 12.3 Å². The molecule has 3 N–H and O–H groups in total. The third kappa shape index (κ3) is 5.97. The summed E-state index contributed by atoms with van der Waals surface area (Å²) in [5, 5.41) is 8.81. The number of carboxylic acid groups (broad SMARTS) is 1. The first-order chi connectivity index (χ1) is 6.61. The van der Waals surface area contributed by atoms with Crippen LogP contribution < -0.4 is 5.73 Å². The summed E-state index contributed by atoms with van der Waals surface area (Å²) in [5.41, 5.74) is 5.40. The lowest BCUT2D eigenvalue weighted by Crippen LogP contribution is -2.25. The summed E-state index contributed by atoms with van der Waals surface area (Å²) in [4.78, 5) is 10.7. The number of carbonyl (C=O) groups is 1. The first kappa shape index (κ1) is 13.4. The molecule has 0 aliphatic heterocycles. The Bertz CT molecular complexity index is 159. The molecule has 0 bridgehead atoms. The summed E-state index contributed by atoms with van der Waals surface area (Å²) in [5.74, 6) is -0.632. The molecule has 0 aromatic rings. The Morgan fingerprint density at radius 2 is 2.07 bits per heavy atom. The van der Waals surface area contributed by atoms with Crippen molar-refractivity contribution in [3.8, 4) is 0 Å². The number of hydrogen-bond donors (Lipinski definition) is 2. The average molecular weight is 201 g/mol. The number of nitrogens with two attached hydrogens (primary N) is 1. The van der Waals surface area contributed by atoms with E-state index in [1.165, 1.54) is 19.3 Å². The SMILES string of the molecule is CCCCCC(C)CC(CN)C(=O)O. The summed E-state index contributed by atoms with van der Waals surface area (Å²) in [6, 6.07) is 0. The highest BCUT2D eigenvalue weighted by molar-refractivity contribution is 5.70. The highest BCUT2D eigenvalue weighted by atomic mass is 16.4. The average Bonchev–Trinajstić information content (AvgIpc) is 2.14. The predicted octanol–water partition coefficient (Wildman–Crippen LogP) is 2.25. The molecule has 2 unspecified atom stereocenters. The topological polar surface area (TPSA) is 63.3 Å². The minimum absolute atomic E-state index is 0.257. The maximum absolute atomic E-state index is 10.7. The quantitative estimate of drug-likeness (QED) is 0.592. The molecule has 2 atom stereocenters. The molecule has 0 aromatic carbocycles. The van der Waals surface area contributed by atoms with Crippen LogP contribution >= 0.6 is 0 Å². The van der Waals surface area contributed by atoms with Gasteiger partial charge in [0.05, 0.1) is 5.92 Å². The lowest BCUT2D eigenvalue weighted by Gasteiger charge is -2.15. The van der Waals surface area contributed by atoms with Crippen molar-refractivity contribution in [2.24, 2.45) is 17.6 Å². The van der Waals surface area contributed by atoms with Crippen LogP contribution in [0.2, 0.25) is 0 Å². The van der Waals surface area contributed by atoms with Crippen molar-refractivity contribution in [3.63, 3.8) is 0 Å². The fourth-order valence-electron chi connectivity index (χ4n) is 1.64. The summed E-state index contributed by atoms with van der Waals surface area (Å²) < 4.78 is 0.